The van der Waals surface area contributed by atoms with Crippen LogP contribution in [0.3, 0.4) is 0 Å². The molecule has 5 nitrogen and oxygen atoms in total. The number of Topliss-reactive ketones (excluding diaryl/α,β-unsaturated/α-hetero) is 1. The molecule has 1 heterocycles. The molecule has 6 heteroatoms. The zero-order valence-corrected chi connectivity index (χ0v) is 9.15. The van der Waals surface area contributed by atoms with Crippen LogP contribution >= 0.6 is 0 Å². The number of hydrogen-bond donors (Lipinski definition) is 0. The van der Waals surface area contributed by atoms with Crippen molar-refractivity contribution < 1.29 is 9.18 Å². The number of hydrogen-bond acceptors (Lipinski definition) is 5. The molecule has 0 saturated carbocycles. The molecule has 2 aromatic rings. The Hall–Kier alpha value is -2.50. The van der Waals surface area contributed by atoms with Crippen molar-refractivity contribution in [2.45, 2.75) is 6.04 Å². The Bertz CT molecular complexity index is 557. The van der Waals surface area contributed by atoms with Crippen molar-refractivity contribution >= 4 is 5.78 Å². The predicted octanol–water partition coefficient (Wildman–Crippen LogP) is 2.31. The molecule has 0 saturated heterocycles. The maximum Gasteiger partial charge on any atom is 0.197 e. The van der Waals surface area contributed by atoms with E-state index in [1.165, 1.54) is 30.7 Å². The zero-order valence-electron chi connectivity index (χ0n) is 9.15. The van der Waals surface area contributed by atoms with Crippen molar-refractivity contribution in [3.8, 4) is 0 Å². The van der Waals surface area contributed by atoms with Crippen LogP contribution in [-0.2, 0) is 0 Å². The van der Waals surface area contributed by atoms with Gasteiger partial charge in [0.15, 0.2) is 11.8 Å². The Morgan fingerprint density at radius 1 is 1.22 bits per heavy atom. The van der Waals surface area contributed by atoms with E-state index in [-0.39, 0.29) is 11.3 Å². The second kappa shape index (κ2) is 5.22. The first-order chi connectivity index (χ1) is 8.72. The number of ketones is 1. The fraction of sp³-hybridized carbons (Fsp3) is 0.0833. The third-order valence-corrected chi connectivity index (χ3v) is 2.37. The van der Waals surface area contributed by atoms with Gasteiger partial charge in [0.1, 0.15) is 12.1 Å². The third kappa shape index (κ3) is 2.42. The number of carbonyl (C=O) groups excluding carboxylic acids is 1. The van der Waals surface area contributed by atoms with E-state index in [0.717, 1.165) is 12.1 Å². The highest BCUT2D eigenvalue weighted by Gasteiger charge is 2.24. The van der Waals surface area contributed by atoms with E-state index in [0.29, 0.717) is 0 Å². The molecule has 0 bridgehead atoms. The van der Waals surface area contributed by atoms with Gasteiger partial charge in [-0.2, -0.15) is 0 Å². The minimum atomic E-state index is -1.24. The average Bonchev–Trinajstić information content (AvgIpc) is 2.41. The first kappa shape index (κ1) is 12.0. The maximum absolute atomic E-state index is 12.7. The number of carbonyl (C=O) groups is 1. The minimum absolute atomic E-state index is 0.208. The van der Waals surface area contributed by atoms with Crippen LogP contribution in [-0.4, -0.2) is 15.8 Å². The average molecular weight is 245 g/mol. The van der Waals surface area contributed by atoms with Crippen molar-refractivity contribution in [3.63, 3.8) is 0 Å². The highest BCUT2D eigenvalue weighted by molar-refractivity contribution is 6.00. The van der Waals surface area contributed by atoms with E-state index in [4.69, 9.17) is 0 Å². The van der Waals surface area contributed by atoms with Gasteiger partial charge in [-0.15, -0.1) is 4.91 Å². The topological polar surface area (TPSA) is 72.3 Å². The first-order valence-corrected chi connectivity index (χ1v) is 5.10. The fourth-order valence-corrected chi connectivity index (χ4v) is 1.47. The molecule has 1 aromatic heterocycles. The summed E-state index contributed by atoms with van der Waals surface area (Å²) in [7, 11) is 0. The normalized spacial score (nSPS) is 11.8. The molecule has 1 aromatic carbocycles. The summed E-state index contributed by atoms with van der Waals surface area (Å²) in [5, 5.41) is 2.77. The lowest BCUT2D eigenvalue weighted by Crippen LogP contribution is -2.12. The quantitative estimate of drug-likeness (QED) is 0.612. The van der Waals surface area contributed by atoms with Gasteiger partial charge in [0.05, 0.1) is 5.69 Å². The summed E-state index contributed by atoms with van der Waals surface area (Å²) >= 11 is 0. The van der Waals surface area contributed by atoms with E-state index in [1.807, 2.05) is 0 Å². The van der Waals surface area contributed by atoms with Gasteiger partial charge in [-0.1, -0.05) is 5.18 Å². The lowest BCUT2D eigenvalue weighted by Gasteiger charge is -2.06. The summed E-state index contributed by atoms with van der Waals surface area (Å²) in [6.45, 7) is 0. The summed E-state index contributed by atoms with van der Waals surface area (Å²) in [6.07, 6.45) is 2.64. The van der Waals surface area contributed by atoms with Gasteiger partial charge in [-0.05, 0) is 30.3 Å². The van der Waals surface area contributed by atoms with Crippen LogP contribution in [0.15, 0.2) is 48.0 Å². The van der Waals surface area contributed by atoms with Crippen LogP contribution < -0.4 is 0 Å². The number of benzene rings is 1. The summed E-state index contributed by atoms with van der Waals surface area (Å²) in [6, 6.07) is 5.10. The number of halogens is 1. The molecule has 0 aliphatic carbocycles. The lowest BCUT2D eigenvalue weighted by atomic mass is 10.0. The standard InChI is InChI=1S/C12H8FN3O2/c13-9-3-1-8(2-4-9)12(17)11(16-18)10-5-6-14-7-15-10/h1-7,11H. The van der Waals surface area contributed by atoms with Crippen molar-refractivity contribution in [3.05, 3.63) is 64.8 Å². The van der Waals surface area contributed by atoms with Crippen LogP contribution in [0.2, 0.25) is 0 Å². The molecule has 0 radical (unpaired) electrons. The number of nitrogens with zero attached hydrogens (tertiary/aromatic N) is 3. The van der Waals surface area contributed by atoms with Gasteiger partial charge in [-0.3, -0.25) is 4.79 Å². The molecule has 90 valence electrons. The van der Waals surface area contributed by atoms with E-state index in [9.17, 15) is 14.1 Å². The predicted molar refractivity (Wildman–Crippen MR) is 61.3 cm³/mol. The molecule has 1 unspecified atom stereocenters. The maximum atomic E-state index is 12.7. The third-order valence-electron chi connectivity index (χ3n) is 2.37. The second-order valence-electron chi connectivity index (χ2n) is 3.51. The Balaban J connectivity index is 2.31. The van der Waals surface area contributed by atoms with Crippen molar-refractivity contribution in [2.75, 3.05) is 0 Å². The molecule has 0 spiro atoms. The Kier molecular flexibility index (Phi) is 3.47. The number of aromatic nitrogens is 2. The number of rotatable bonds is 4. The van der Waals surface area contributed by atoms with Gasteiger partial charge in [0.25, 0.3) is 0 Å². The monoisotopic (exact) mass is 245 g/mol. The van der Waals surface area contributed by atoms with Crippen molar-refractivity contribution in [1.29, 1.82) is 0 Å². The minimum Gasteiger partial charge on any atom is -0.291 e. The summed E-state index contributed by atoms with van der Waals surface area (Å²) in [5.74, 6) is -0.979. The molecule has 0 fully saturated rings. The smallest absolute Gasteiger partial charge is 0.197 e. The van der Waals surface area contributed by atoms with Crippen LogP contribution in [0.4, 0.5) is 4.39 Å². The largest absolute Gasteiger partial charge is 0.291 e. The van der Waals surface area contributed by atoms with Crippen LogP contribution in [0.25, 0.3) is 0 Å². The zero-order chi connectivity index (χ0) is 13.0. The molecule has 0 amide bonds. The molecule has 0 aliphatic heterocycles. The van der Waals surface area contributed by atoms with Crippen molar-refractivity contribution in [1.82, 2.24) is 9.97 Å². The van der Waals surface area contributed by atoms with E-state index >= 15 is 0 Å². The molecule has 0 aliphatic rings. The molecule has 1 atom stereocenters. The van der Waals surface area contributed by atoms with Crippen LogP contribution in [0.1, 0.15) is 22.1 Å². The van der Waals surface area contributed by atoms with Gasteiger partial charge in [0.2, 0.25) is 0 Å². The van der Waals surface area contributed by atoms with E-state index < -0.39 is 17.6 Å². The van der Waals surface area contributed by atoms with Gasteiger partial charge >= 0.3 is 0 Å². The SMILES string of the molecule is O=NC(C(=O)c1ccc(F)cc1)c1ccncn1. The molecule has 18 heavy (non-hydrogen) atoms. The Labute approximate surface area is 102 Å². The summed E-state index contributed by atoms with van der Waals surface area (Å²) in [5.41, 5.74) is 0.425. The van der Waals surface area contributed by atoms with Gasteiger partial charge in [-0.25, -0.2) is 14.4 Å². The van der Waals surface area contributed by atoms with E-state index in [2.05, 4.69) is 15.1 Å². The molecular formula is C12H8FN3O2. The summed E-state index contributed by atoms with van der Waals surface area (Å²) in [4.78, 5) is 30.3. The second-order valence-corrected chi connectivity index (χ2v) is 3.51. The molecular weight excluding hydrogens is 237 g/mol. The number of nitroso groups, excluding NO2 is 1. The summed E-state index contributed by atoms with van der Waals surface area (Å²) < 4.78 is 12.7. The molecule has 2 rings (SSSR count). The van der Waals surface area contributed by atoms with Crippen molar-refractivity contribution in [2.24, 2.45) is 5.18 Å². The lowest BCUT2D eigenvalue weighted by molar-refractivity contribution is 0.0960. The molecule has 0 N–H and O–H groups in total. The fourth-order valence-electron chi connectivity index (χ4n) is 1.47. The Morgan fingerprint density at radius 2 is 1.94 bits per heavy atom. The van der Waals surface area contributed by atoms with Crippen LogP contribution in [0.5, 0.6) is 0 Å². The Morgan fingerprint density at radius 3 is 2.50 bits per heavy atom. The highest BCUT2D eigenvalue weighted by atomic mass is 19.1. The van der Waals surface area contributed by atoms with Gasteiger partial charge in [0, 0.05) is 11.8 Å². The van der Waals surface area contributed by atoms with E-state index in [1.54, 1.807) is 0 Å². The highest BCUT2D eigenvalue weighted by Crippen LogP contribution is 2.20. The van der Waals surface area contributed by atoms with Gasteiger partial charge < -0.3 is 0 Å². The first-order valence-electron chi connectivity index (χ1n) is 5.10. The van der Waals surface area contributed by atoms with Crippen LogP contribution in [0, 0.1) is 10.7 Å².